The third-order valence-electron chi connectivity index (χ3n) is 7.31. The number of nitrogens with zero attached hydrogens (tertiary/aromatic N) is 1. The molecule has 3 rings (SSSR count). The van der Waals surface area contributed by atoms with Crippen LogP contribution in [0.4, 0.5) is 0 Å². The van der Waals surface area contributed by atoms with E-state index in [9.17, 15) is 4.79 Å². The van der Waals surface area contributed by atoms with Gasteiger partial charge in [0.1, 0.15) is 5.75 Å². The molecule has 172 valence electrons. The molecule has 0 bridgehead atoms. The van der Waals surface area contributed by atoms with Crippen LogP contribution in [-0.2, 0) is 0 Å². The molecule has 2 aliphatic carbocycles. The van der Waals surface area contributed by atoms with E-state index >= 15 is 0 Å². The van der Waals surface area contributed by atoms with E-state index in [0.717, 1.165) is 55.1 Å². The first kappa shape index (κ1) is 23.8. The Morgan fingerprint density at radius 2 is 1.61 bits per heavy atom. The van der Waals surface area contributed by atoms with Crippen LogP contribution in [0.5, 0.6) is 5.75 Å². The normalized spacial score (nSPS) is 23.9. The predicted molar refractivity (Wildman–Crippen MR) is 129 cm³/mol. The number of benzene rings is 1. The summed E-state index contributed by atoms with van der Waals surface area (Å²) >= 11 is 0. The van der Waals surface area contributed by atoms with Crippen molar-refractivity contribution in [1.29, 1.82) is 0 Å². The molecule has 0 aromatic heterocycles. The topological polar surface area (TPSA) is 50.7 Å². The molecule has 31 heavy (non-hydrogen) atoms. The molecule has 0 heterocycles. The fraction of sp³-hybridized carbons (Fsp3) is 0.704. The molecule has 1 amide bonds. The van der Waals surface area contributed by atoms with Crippen molar-refractivity contribution >= 4 is 11.6 Å². The van der Waals surface area contributed by atoms with Crippen LogP contribution < -0.4 is 10.2 Å². The van der Waals surface area contributed by atoms with Gasteiger partial charge in [0.15, 0.2) is 0 Å². The maximum Gasteiger partial charge on any atom is 0.271 e. The number of hydrogen-bond acceptors (Lipinski definition) is 3. The summed E-state index contributed by atoms with van der Waals surface area (Å²) < 4.78 is 5.72. The average Bonchev–Trinajstić information content (AvgIpc) is 2.82. The molecule has 0 unspecified atom stereocenters. The maximum absolute atomic E-state index is 12.4. The molecular formula is C27H42N2O2. The lowest BCUT2D eigenvalue weighted by Gasteiger charge is -2.36. The van der Waals surface area contributed by atoms with Crippen LogP contribution in [0.3, 0.4) is 0 Å². The molecule has 1 aromatic carbocycles. The van der Waals surface area contributed by atoms with Crippen molar-refractivity contribution in [3.05, 3.63) is 29.8 Å². The molecular weight excluding hydrogens is 384 g/mol. The Bertz CT molecular complexity index is 680. The van der Waals surface area contributed by atoms with E-state index in [1.54, 1.807) is 0 Å². The standard InChI is InChI=1S/C27H42N2O2/c1-3-5-6-20-31-26-18-14-24(15-19-26)27(30)29-28-25-16-12-23(13-17-25)22-10-8-21(7-4-2)9-11-22/h14-15,18-19,21-23H,3-13,16-17,20H2,1-2H3,(H,29,30). The van der Waals surface area contributed by atoms with Crippen LogP contribution in [0, 0.1) is 17.8 Å². The second-order valence-corrected chi connectivity index (χ2v) is 9.61. The number of hydrazone groups is 1. The molecule has 0 saturated heterocycles. The van der Waals surface area contributed by atoms with E-state index in [4.69, 9.17) is 4.74 Å². The Morgan fingerprint density at radius 1 is 0.935 bits per heavy atom. The summed E-state index contributed by atoms with van der Waals surface area (Å²) in [6.07, 6.45) is 16.5. The van der Waals surface area contributed by atoms with Crippen molar-refractivity contribution in [1.82, 2.24) is 5.43 Å². The highest BCUT2D eigenvalue weighted by atomic mass is 16.5. The molecule has 4 nitrogen and oxygen atoms in total. The second-order valence-electron chi connectivity index (χ2n) is 9.61. The molecule has 2 saturated carbocycles. The van der Waals surface area contributed by atoms with E-state index < -0.39 is 0 Å². The number of rotatable bonds is 10. The molecule has 0 spiro atoms. The zero-order chi connectivity index (χ0) is 21.9. The summed E-state index contributed by atoms with van der Waals surface area (Å²) in [6, 6.07) is 7.37. The molecule has 0 atom stereocenters. The van der Waals surface area contributed by atoms with Crippen LogP contribution in [0.2, 0.25) is 0 Å². The fourth-order valence-electron chi connectivity index (χ4n) is 5.35. The highest BCUT2D eigenvalue weighted by Gasteiger charge is 2.29. The smallest absolute Gasteiger partial charge is 0.271 e. The largest absolute Gasteiger partial charge is 0.494 e. The number of amides is 1. The fourth-order valence-corrected chi connectivity index (χ4v) is 5.35. The molecule has 1 aromatic rings. The molecule has 2 fully saturated rings. The van der Waals surface area contributed by atoms with Gasteiger partial charge in [-0.3, -0.25) is 4.79 Å². The summed E-state index contributed by atoms with van der Waals surface area (Å²) in [5, 5.41) is 4.45. The van der Waals surface area contributed by atoms with Gasteiger partial charge in [0.25, 0.3) is 5.91 Å². The summed E-state index contributed by atoms with van der Waals surface area (Å²) in [5.74, 6) is 3.45. The minimum atomic E-state index is -0.138. The Kier molecular flexibility index (Phi) is 9.89. The zero-order valence-corrected chi connectivity index (χ0v) is 19.7. The SMILES string of the molecule is CCCCCOc1ccc(C(=O)NN=C2CCC(C3CCC(CCC)CC3)CC2)cc1. The number of carbonyl (C=O) groups excluding carboxylic acids is 1. The van der Waals surface area contributed by atoms with Gasteiger partial charge in [-0.2, -0.15) is 5.10 Å². The van der Waals surface area contributed by atoms with Gasteiger partial charge in [-0.15, -0.1) is 0 Å². The van der Waals surface area contributed by atoms with Crippen molar-refractivity contribution < 1.29 is 9.53 Å². The minimum Gasteiger partial charge on any atom is -0.494 e. The van der Waals surface area contributed by atoms with Gasteiger partial charge in [-0.25, -0.2) is 5.43 Å². The van der Waals surface area contributed by atoms with Crippen molar-refractivity contribution in [2.24, 2.45) is 22.9 Å². The van der Waals surface area contributed by atoms with E-state index in [-0.39, 0.29) is 5.91 Å². The van der Waals surface area contributed by atoms with Gasteiger partial charge in [0.05, 0.1) is 6.61 Å². The first-order valence-corrected chi connectivity index (χ1v) is 12.8. The Morgan fingerprint density at radius 3 is 2.26 bits per heavy atom. The van der Waals surface area contributed by atoms with Crippen LogP contribution in [0.15, 0.2) is 29.4 Å². The molecule has 1 N–H and O–H groups in total. The molecule has 0 radical (unpaired) electrons. The van der Waals surface area contributed by atoms with Crippen LogP contribution in [0.25, 0.3) is 0 Å². The average molecular weight is 427 g/mol. The lowest BCUT2D eigenvalue weighted by atomic mass is 9.70. The van der Waals surface area contributed by atoms with E-state index in [2.05, 4.69) is 24.4 Å². The second kappa shape index (κ2) is 12.9. The molecule has 2 aliphatic rings. The van der Waals surface area contributed by atoms with Crippen LogP contribution in [-0.4, -0.2) is 18.2 Å². The number of ether oxygens (including phenoxy) is 1. The first-order chi connectivity index (χ1) is 15.2. The summed E-state index contributed by atoms with van der Waals surface area (Å²) in [6.45, 7) is 5.22. The number of nitrogens with one attached hydrogen (secondary N) is 1. The molecule has 0 aliphatic heterocycles. The summed E-state index contributed by atoms with van der Waals surface area (Å²) in [5.41, 5.74) is 4.55. The number of carbonyl (C=O) groups is 1. The Balaban J connectivity index is 1.38. The third-order valence-corrected chi connectivity index (χ3v) is 7.31. The van der Waals surface area contributed by atoms with Gasteiger partial charge < -0.3 is 4.74 Å². The molecule has 4 heteroatoms. The van der Waals surface area contributed by atoms with Crippen molar-refractivity contribution in [2.75, 3.05) is 6.61 Å². The predicted octanol–water partition coefficient (Wildman–Crippen LogP) is 7.14. The zero-order valence-electron chi connectivity index (χ0n) is 19.7. The van der Waals surface area contributed by atoms with E-state index in [0.29, 0.717) is 5.56 Å². The first-order valence-electron chi connectivity index (χ1n) is 12.8. The van der Waals surface area contributed by atoms with Gasteiger partial charge in [0, 0.05) is 11.3 Å². The van der Waals surface area contributed by atoms with Crippen molar-refractivity contribution in [2.45, 2.75) is 97.3 Å². The third kappa shape index (κ3) is 7.66. The highest BCUT2D eigenvalue weighted by molar-refractivity contribution is 5.95. The number of hydrogen-bond donors (Lipinski definition) is 1. The Labute approximate surface area is 189 Å². The van der Waals surface area contributed by atoms with Crippen LogP contribution in [0.1, 0.15) is 108 Å². The van der Waals surface area contributed by atoms with Crippen molar-refractivity contribution in [3.8, 4) is 5.75 Å². The monoisotopic (exact) mass is 426 g/mol. The summed E-state index contributed by atoms with van der Waals surface area (Å²) in [4.78, 5) is 12.4. The van der Waals surface area contributed by atoms with Gasteiger partial charge in [-0.05, 0) is 87.0 Å². The van der Waals surface area contributed by atoms with Crippen molar-refractivity contribution in [3.63, 3.8) is 0 Å². The highest BCUT2D eigenvalue weighted by Crippen LogP contribution is 2.40. The lowest BCUT2D eigenvalue weighted by molar-refractivity contribution is 0.0954. The Hall–Kier alpha value is -1.84. The minimum absolute atomic E-state index is 0.138. The number of unbranched alkanes of at least 4 members (excludes halogenated alkanes) is 2. The maximum atomic E-state index is 12.4. The van der Waals surface area contributed by atoms with E-state index in [1.807, 2.05) is 24.3 Å². The quantitative estimate of drug-likeness (QED) is 0.319. The lowest BCUT2D eigenvalue weighted by Crippen LogP contribution is -2.27. The summed E-state index contributed by atoms with van der Waals surface area (Å²) in [7, 11) is 0. The van der Waals surface area contributed by atoms with Gasteiger partial charge in [-0.1, -0.05) is 52.4 Å². The van der Waals surface area contributed by atoms with Gasteiger partial charge >= 0.3 is 0 Å². The van der Waals surface area contributed by atoms with Crippen LogP contribution >= 0.6 is 0 Å². The van der Waals surface area contributed by atoms with Gasteiger partial charge in [0.2, 0.25) is 0 Å². The van der Waals surface area contributed by atoms with E-state index in [1.165, 1.54) is 64.2 Å².